The molecule has 0 aliphatic carbocycles. The van der Waals surface area contributed by atoms with Gasteiger partial charge in [0.25, 0.3) is 0 Å². The lowest BCUT2D eigenvalue weighted by Crippen LogP contribution is -2.38. The zero-order valence-electron chi connectivity index (χ0n) is 9.70. The quantitative estimate of drug-likeness (QED) is 0.633. The molecule has 0 bridgehead atoms. The Hall–Kier alpha value is -1.72. The number of furan rings is 1. The van der Waals surface area contributed by atoms with Gasteiger partial charge in [-0.1, -0.05) is 6.07 Å². The standard InChI is InChI=1S/C13H14F2N2O/c14-10-4-3-9(13(15)7-10)6-11(17-16)8-12-2-1-5-18-12/h1-5,7,11,17H,6,8,16H2. The lowest BCUT2D eigenvalue weighted by atomic mass is 10.0. The first-order valence-electron chi connectivity index (χ1n) is 5.61. The normalized spacial score (nSPS) is 12.6. The first-order valence-corrected chi connectivity index (χ1v) is 5.61. The predicted molar refractivity (Wildman–Crippen MR) is 63.6 cm³/mol. The van der Waals surface area contributed by atoms with Crippen LogP contribution in [0.1, 0.15) is 11.3 Å². The molecular formula is C13H14F2N2O. The minimum absolute atomic E-state index is 0.170. The molecule has 1 aromatic carbocycles. The van der Waals surface area contributed by atoms with E-state index in [0.717, 1.165) is 11.8 Å². The van der Waals surface area contributed by atoms with Crippen LogP contribution in [0.3, 0.4) is 0 Å². The van der Waals surface area contributed by atoms with E-state index in [-0.39, 0.29) is 6.04 Å². The van der Waals surface area contributed by atoms with Crippen molar-refractivity contribution in [2.24, 2.45) is 5.84 Å². The average molecular weight is 252 g/mol. The van der Waals surface area contributed by atoms with Crippen LogP contribution in [0.15, 0.2) is 41.0 Å². The Kier molecular flexibility index (Phi) is 4.07. The summed E-state index contributed by atoms with van der Waals surface area (Å²) in [4.78, 5) is 0. The van der Waals surface area contributed by atoms with Crippen LogP contribution < -0.4 is 11.3 Å². The average Bonchev–Trinajstić information content (AvgIpc) is 2.84. The van der Waals surface area contributed by atoms with Crippen LogP contribution >= 0.6 is 0 Å². The molecule has 3 nitrogen and oxygen atoms in total. The van der Waals surface area contributed by atoms with Gasteiger partial charge in [-0.15, -0.1) is 0 Å². The van der Waals surface area contributed by atoms with E-state index in [4.69, 9.17) is 10.3 Å². The van der Waals surface area contributed by atoms with Gasteiger partial charge in [0.15, 0.2) is 0 Å². The van der Waals surface area contributed by atoms with Crippen molar-refractivity contribution < 1.29 is 13.2 Å². The fourth-order valence-corrected chi connectivity index (χ4v) is 1.81. The Balaban J connectivity index is 2.05. The Morgan fingerprint density at radius 2 is 2.06 bits per heavy atom. The number of benzene rings is 1. The van der Waals surface area contributed by atoms with Crippen molar-refractivity contribution in [2.75, 3.05) is 0 Å². The third-order valence-electron chi connectivity index (χ3n) is 2.74. The molecule has 1 heterocycles. The second-order valence-electron chi connectivity index (χ2n) is 4.09. The van der Waals surface area contributed by atoms with Crippen LogP contribution in [-0.2, 0) is 12.8 Å². The van der Waals surface area contributed by atoms with Crippen LogP contribution in [0.2, 0.25) is 0 Å². The zero-order chi connectivity index (χ0) is 13.0. The fraction of sp³-hybridized carbons (Fsp3) is 0.231. The number of hydrogen-bond acceptors (Lipinski definition) is 3. The van der Waals surface area contributed by atoms with Crippen LogP contribution in [0.4, 0.5) is 8.78 Å². The zero-order valence-corrected chi connectivity index (χ0v) is 9.70. The molecule has 2 aromatic rings. The van der Waals surface area contributed by atoms with Crippen LogP contribution in [-0.4, -0.2) is 6.04 Å². The van der Waals surface area contributed by atoms with Gasteiger partial charge in [0, 0.05) is 18.5 Å². The van der Waals surface area contributed by atoms with Gasteiger partial charge in [0.1, 0.15) is 17.4 Å². The molecule has 0 aliphatic rings. The van der Waals surface area contributed by atoms with E-state index in [0.29, 0.717) is 18.4 Å². The summed E-state index contributed by atoms with van der Waals surface area (Å²) in [6.45, 7) is 0. The molecule has 2 rings (SSSR count). The highest BCUT2D eigenvalue weighted by Crippen LogP contribution is 2.14. The number of hydrazine groups is 1. The molecule has 1 unspecified atom stereocenters. The van der Waals surface area contributed by atoms with Crippen LogP contribution in [0.5, 0.6) is 0 Å². The molecule has 18 heavy (non-hydrogen) atoms. The highest BCUT2D eigenvalue weighted by atomic mass is 19.1. The third kappa shape index (κ3) is 3.15. The van der Waals surface area contributed by atoms with Crippen molar-refractivity contribution in [3.63, 3.8) is 0 Å². The van der Waals surface area contributed by atoms with E-state index in [1.165, 1.54) is 12.1 Å². The maximum Gasteiger partial charge on any atom is 0.129 e. The first-order chi connectivity index (χ1) is 8.69. The highest BCUT2D eigenvalue weighted by molar-refractivity contribution is 5.20. The molecule has 0 radical (unpaired) electrons. The molecule has 0 fully saturated rings. The summed E-state index contributed by atoms with van der Waals surface area (Å²) in [7, 11) is 0. The van der Waals surface area contributed by atoms with Gasteiger partial charge >= 0.3 is 0 Å². The molecule has 1 aromatic heterocycles. The molecule has 96 valence electrons. The molecular weight excluding hydrogens is 238 g/mol. The lowest BCUT2D eigenvalue weighted by molar-refractivity contribution is 0.439. The topological polar surface area (TPSA) is 51.2 Å². The number of nitrogens with two attached hydrogens (primary N) is 1. The largest absolute Gasteiger partial charge is 0.469 e. The second kappa shape index (κ2) is 5.75. The summed E-state index contributed by atoms with van der Waals surface area (Å²) in [5.41, 5.74) is 3.03. The van der Waals surface area contributed by atoms with Crippen LogP contribution in [0.25, 0.3) is 0 Å². The van der Waals surface area contributed by atoms with Gasteiger partial charge < -0.3 is 4.42 Å². The molecule has 5 heteroatoms. The van der Waals surface area contributed by atoms with Crippen molar-refractivity contribution in [2.45, 2.75) is 18.9 Å². The van der Waals surface area contributed by atoms with Gasteiger partial charge in [0.2, 0.25) is 0 Å². The maximum absolute atomic E-state index is 13.5. The Morgan fingerprint density at radius 3 is 2.67 bits per heavy atom. The number of nitrogens with one attached hydrogen (secondary N) is 1. The van der Waals surface area contributed by atoms with Crippen molar-refractivity contribution in [3.05, 3.63) is 59.6 Å². The Bertz CT molecular complexity index is 500. The Morgan fingerprint density at radius 1 is 1.22 bits per heavy atom. The van der Waals surface area contributed by atoms with E-state index in [2.05, 4.69) is 5.43 Å². The smallest absolute Gasteiger partial charge is 0.129 e. The molecule has 1 atom stereocenters. The summed E-state index contributed by atoms with van der Waals surface area (Å²) >= 11 is 0. The molecule has 3 N–H and O–H groups in total. The van der Waals surface area contributed by atoms with Gasteiger partial charge in [-0.05, 0) is 30.2 Å². The van der Waals surface area contributed by atoms with Crippen molar-refractivity contribution >= 4 is 0 Å². The van der Waals surface area contributed by atoms with Crippen molar-refractivity contribution in [1.82, 2.24) is 5.43 Å². The molecule has 0 spiro atoms. The summed E-state index contributed by atoms with van der Waals surface area (Å²) in [5, 5.41) is 0. The molecule has 0 saturated carbocycles. The number of halogens is 2. The van der Waals surface area contributed by atoms with E-state index in [1.54, 1.807) is 12.3 Å². The SMILES string of the molecule is NNC(Cc1ccco1)Cc1ccc(F)cc1F. The third-order valence-corrected chi connectivity index (χ3v) is 2.74. The predicted octanol–water partition coefficient (Wildman–Crippen LogP) is 2.17. The minimum Gasteiger partial charge on any atom is -0.469 e. The van der Waals surface area contributed by atoms with Gasteiger partial charge in [0.05, 0.1) is 6.26 Å². The summed E-state index contributed by atoms with van der Waals surface area (Å²) in [5.74, 6) is 5.05. The molecule has 0 saturated heterocycles. The minimum atomic E-state index is -0.584. The van der Waals surface area contributed by atoms with E-state index in [1.807, 2.05) is 6.07 Å². The van der Waals surface area contributed by atoms with Crippen LogP contribution in [0, 0.1) is 11.6 Å². The first kappa shape index (κ1) is 12.7. The van der Waals surface area contributed by atoms with E-state index >= 15 is 0 Å². The van der Waals surface area contributed by atoms with Gasteiger partial charge in [-0.3, -0.25) is 11.3 Å². The molecule has 0 amide bonds. The summed E-state index contributed by atoms with van der Waals surface area (Å²) < 4.78 is 31.5. The van der Waals surface area contributed by atoms with Crippen molar-refractivity contribution in [1.29, 1.82) is 0 Å². The highest BCUT2D eigenvalue weighted by Gasteiger charge is 2.13. The van der Waals surface area contributed by atoms with Gasteiger partial charge in [-0.25, -0.2) is 8.78 Å². The second-order valence-corrected chi connectivity index (χ2v) is 4.09. The number of hydrogen-bond donors (Lipinski definition) is 2. The maximum atomic E-state index is 13.5. The van der Waals surface area contributed by atoms with E-state index in [9.17, 15) is 8.78 Å². The van der Waals surface area contributed by atoms with Gasteiger partial charge in [-0.2, -0.15) is 0 Å². The monoisotopic (exact) mass is 252 g/mol. The summed E-state index contributed by atoms with van der Waals surface area (Å²) in [6, 6.07) is 6.97. The van der Waals surface area contributed by atoms with E-state index < -0.39 is 11.6 Å². The molecule has 0 aliphatic heterocycles. The Labute approximate surface area is 104 Å². The number of rotatable bonds is 5. The van der Waals surface area contributed by atoms with Crippen molar-refractivity contribution in [3.8, 4) is 0 Å². The lowest BCUT2D eigenvalue weighted by Gasteiger charge is -2.15. The fourth-order valence-electron chi connectivity index (χ4n) is 1.81. The summed E-state index contributed by atoms with van der Waals surface area (Å²) in [6.07, 6.45) is 2.48.